The number of hydrogen-bond acceptors (Lipinski definition) is 5. The molecule has 0 N–H and O–H groups in total. The van der Waals surface area contributed by atoms with Crippen LogP contribution in [0.4, 0.5) is 5.69 Å². The van der Waals surface area contributed by atoms with E-state index in [0.717, 1.165) is 5.75 Å². The van der Waals surface area contributed by atoms with Gasteiger partial charge < -0.3 is 14.2 Å². The molecule has 2 aromatic rings. The quantitative estimate of drug-likeness (QED) is 0.399. The minimum Gasteiger partial charge on any atom is -0.493 e. The zero-order valence-corrected chi connectivity index (χ0v) is 12.9. The summed E-state index contributed by atoms with van der Waals surface area (Å²) in [7, 11) is 0. The van der Waals surface area contributed by atoms with Crippen LogP contribution in [0.15, 0.2) is 48.5 Å². The fourth-order valence-electron chi connectivity index (χ4n) is 1.94. The predicted molar refractivity (Wildman–Crippen MR) is 86.3 cm³/mol. The summed E-state index contributed by atoms with van der Waals surface area (Å²) < 4.78 is 16.7. The van der Waals surface area contributed by atoms with E-state index in [2.05, 4.69) is 0 Å². The van der Waals surface area contributed by atoms with Crippen molar-refractivity contribution < 1.29 is 19.1 Å². The molecular weight excluding hydrogens is 298 g/mol. The number of nitrogens with zero attached hydrogens (tertiary/aromatic N) is 1. The Morgan fingerprint density at radius 3 is 2.13 bits per heavy atom. The third-order valence-electron chi connectivity index (χ3n) is 3.01. The van der Waals surface area contributed by atoms with E-state index in [4.69, 9.17) is 14.2 Å². The molecule has 2 aromatic carbocycles. The van der Waals surface area contributed by atoms with Crippen molar-refractivity contribution in [3.8, 4) is 17.2 Å². The van der Waals surface area contributed by atoms with Gasteiger partial charge in [0.2, 0.25) is 0 Å². The lowest BCUT2D eigenvalue weighted by atomic mass is 10.3. The third-order valence-corrected chi connectivity index (χ3v) is 3.01. The van der Waals surface area contributed by atoms with Crippen molar-refractivity contribution in [1.82, 2.24) is 0 Å². The second kappa shape index (κ2) is 8.63. The van der Waals surface area contributed by atoms with Crippen molar-refractivity contribution in [2.24, 2.45) is 0 Å². The molecule has 0 heterocycles. The average molecular weight is 317 g/mol. The first-order valence-electron chi connectivity index (χ1n) is 7.42. The second-order valence-corrected chi connectivity index (χ2v) is 4.68. The summed E-state index contributed by atoms with van der Waals surface area (Å²) in [6.45, 7) is 3.48. The topological polar surface area (TPSA) is 70.8 Å². The predicted octanol–water partition coefficient (Wildman–Crippen LogP) is 3.84. The molecule has 0 unspecified atom stereocenters. The first-order chi connectivity index (χ1) is 11.2. The van der Waals surface area contributed by atoms with Gasteiger partial charge in [0.1, 0.15) is 5.75 Å². The Kier molecular flexibility index (Phi) is 6.23. The van der Waals surface area contributed by atoms with E-state index in [-0.39, 0.29) is 5.69 Å². The summed E-state index contributed by atoms with van der Waals surface area (Å²) in [5.74, 6) is 2.04. The van der Waals surface area contributed by atoms with Crippen LogP contribution in [-0.4, -0.2) is 24.7 Å². The molecule has 0 aliphatic heterocycles. The Bertz CT molecular complexity index is 627. The maximum absolute atomic E-state index is 10.6. The highest BCUT2D eigenvalue weighted by molar-refractivity contribution is 5.39. The molecule has 0 aliphatic carbocycles. The fraction of sp³-hybridized carbons (Fsp3) is 0.294. The van der Waals surface area contributed by atoms with E-state index in [1.54, 1.807) is 12.1 Å². The molecule has 0 saturated carbocycles. The molecule has 0 saturated heterocycles. The summed E-state index contributed by atoms with van der Waals surface area (Å²) in [5, 5.41) is 10.6. The maximum Gasteiger partial charge on any atom is 0.269 e. The van der Waals surface area contributed by atoms with Gasteiger partial charge in [-0.2, -0.15) is 0 Å². The van der Waals surface area contributed by atoms with E-state index < -0.39 is 4.92 Å². The van der Waals surface area contributed by atoms with Gasteiger partial charge in [-0.05, 0) is 31.2 Å². The van der Waals surface area contributed by atoms with Gasteiger partial charge in [0.15, 0.2) is 11.5 Å². The summed E-state index contributed by atoms with van der Waals surface area (Å²) in [6.07, 6.45) is 0.692. The van der Waals surface area contributed by atoms with Crippen LogP contribution in [0.25, 0.3) is 0 Å². The van der Waals surface area contributed by atoms with Gasteiger partial charge in [-0.3, -0.25) is 10.1 Å². The molecule has 0 aromatic heterocycles. The molecule has 0 spiro atoms. The Hall–Kier alpha value is -2.76. The molecular formula is C17H19NO5. The molecule has 2 rings (SSSR count). The molecule has 23 heavy (non-hydrogen) atoms. The van der Waals surface area contributed by atoms with Gasteiger partial charge in [-0.15, -0.1) is 0 Å². The lowest BCUT2D eigenvalue weighted by molar-refractivity contribution is -0.384. The summed E-state index contributed by atoms with van der Waals surface area (Å²) in [6, 6.07) is 13.5. The SMILES string of the molecule is CCOc1ccccc1OCCCOc1ccc([N+](=O)[O-])cc1. The molecule has 6 heteroatoms. The van der Waals surface area contributed by atoms with Crippen LogP contribution in [0.5, 0.6) is 17.2 Å². The lowest BCUT2D eigenvalue weighted by Gasteiger charge is -2.11. The van der Waals surface area contributed by atoms with Crippen molar-refractivity contribution in [2.45, 2.75) is 13.3 Å². The van der Waals surface area contributed by atoms with Crippen molar-refractivity contribution >= 4 is 5.69 Å². The second-order valence-electron chi connectivity index (χ2n) is 4.68. The van der Waals surface area contributed by atoms with Crippen molar-refractivity contribution in [3.63, 3.8) is 0 Å². The van der Waals surface area contributed by atoms with Gasteiger partial charge in [-0.1, -0.05) is 12.1 Å². The molecule has 0 fully saturated rings. The molecule has 0 aliphatic rings. The minimum absolute atomic E-state index is 0.0493. The highest BCUT2D eigenvalue weighted by atomic mass is 16.6. The molecule has 0 amide bonds. The van der Waals surface area contributed by atoms with Crippen LogP contribution >= 0.6 is 0 Å². The first-order valence-corrected chi connectivity index (χ1v) is 7.42. The lowest BCUT2D eigenvalue weighted by Crippen LogP contribution is -2.06. The average Bonchev–Trinajstić information content (AvgIpc) is 2.56. The van der Waals surface area contributed by atoms with Gasteiger partial charge in [0.05, 0.1) is 24.7 Å². The number of nitro groups is 1. The molecule has 0 radical (unpaired) electrons. The largest absolute Gasteiger partial charge is 0.493 e. The standard InChI is InChI=1S/C17H19NO5/c1-2-21-16-6-3-4-7-17(16)23-13-5-12-22-15-10-8-14(9-11-15)18(19)20/h3-4,6-11H,2,5,12-13H2,1H3. The highest BCUT2D eigenvalue weighted by Gasteiger charge is 2.05. The maximum atomic E-state index is 10.6. The van der Waals surface area contributed by atoms with Crippen molar-refractivity contribution in [3.05, 3.63) is 58.6 Å². The summed E-state index contributed by atoms with van der Waals surface area (Å²) in [4.78, 5) is 10.1. The zero-order chi connectivity index (χ0) is 16.5. The minimum atomic E-state index is -0.437. The van der Waals surface area contributed by atoms with Crippen LogP contribution in [0, 0.1) is 10.1 Å². The molecule has 122 valence electrons. The fourth-order valence-corrected chi connectivity index (χ4v) is 1.94. The van der Waals surface area contributed by atoms with Crippen LogP contribution in [0.3, 0.4) is 0 Å². The van der Waals surface area contributed by atoms with Crippen molar-refractivity contribution in [1.29, 1.82) is 0 Å². The number of benzene rings is 2. The van der Waals surface area contributed by atoms with Crippen LogP contribution in [-0.2, 0) is 0 Å². The number of non-ortho nitro benzene ring substituents is 1. The van der Waals surface area contributed by atoms with E-state index >= 15 is 0 Å². The van der Waals surface area contributed by atoms with Gasteiger partial charge in [0, 0.05) is 18.6 Å². The smallest absolute Gasteiger partial charge is 0.269 e. The molecule has 0 atom stereocenters. The number of hydrogen-bond donors (Lipinski definition) is 0. The monoisotopic (exact) mass is 317 g/mol. The van der Waals surface area contributed by atoms with Crippen LogP contribution in [0.2, 0.25) is 0 Å². The van der Waals surface area contributed by atoms with E-state index in [9.17, 15) is 10.1 Å². The van der Waals surface area contributed by atoms with Crippen LogP contribution in [0.1, 0.15) is 13.3 Å². The molecule has 6 nitrogen and oxygen atoms in total. The Morgan fingerprint density at radius 2 is 1.52 bits per heavy atom. The normalized spacial score (nSPS) is 10.1. The van der Waals surface area contributed by atoms with E-state index in [1.165, 1.54) is 12.1 Å². The Morgan fingerprint density at radius 1 is 0.913 bits per heavy atom. The Labute approximate surface area is 134 Å². The van der Waals surface area contributed by atoms with E-state index in [0.29, 0.717) is 37.7 Å². The third kappa shape index (κ3) is 5.18. The van der Waals surface area contributed by atoms with Crippen molar-refractivity contribution in [2.75, 3.05) is 19.8 Å². The Balaban J connectivity index is 1.72. The first kappa shape index (κ1) is 16.6. The summed E-state index contributed by atoms with van der Waals surface area (Å²) in [5.41, 5.74) is 0.0493. The van der Waals surface area contributed by atoms with E-state index in [1.807, 2.05) is 31.2 Å². The van der Waals surface area contributed by atoms with Gasteiger partial charge in [0.25, 0.3) is 5.69 Å². The number of ether oxygens (including phenoxy) is 3. The number of para-hydroxylation sites is 2. The summed E-state index contributed by atoms with van der Waals surface area (Å²) >= 11 is 0. The van der Waals surface area contributed by atoms with Gasteiger partial charge in [-0.25, -0.2) is 0 Å². The number of rotatable bonds is 9. The van der Waals surface area contributed by atoms with Gasteiger partial charge >= 0.3 is 0 Å². The number of nitro benzene ring substituents is 1. The molecule has 0 bridgehead atoms. The van der Waals surface area contributed by atoms with Crippen LogP contribution < -0.4 is 14.2 Å². The highest BCUT2D eigenvalue weighted by Crippen LogP contribution is 2.26. The zero-order valence-electron chi connectivity index (χ0n) is 12.9.